The molecule has 5 nitrogen and oxygen atoms in total. The van der Waals surface area contributed by atoms with Gasteiger partial charge in [-0.1, -0.05) is 326 Å². The quantitative estimate of drug-likeness (QED) is 0.176. The first-order chi connectivity index (χ1) is 59.8. The first kappa shape index (κ1) is 77.3. The number of hydrogen-bond donors (Lipinski definition) is 0. The summed E-state index contributed by atoms with van der Waals surface area (Å²) < 4.78 is 35.0. The van der Waals surface area contributed by atoms with Crippen LogP contribution in [0.1, 0.15) is 38.9 Å². The van der Waals surface area contributed by atoms with Gasteiger partial charge in [0.2, 0.25) is 0 Å². The molecule has 0 saturated carbocycles. The van der Waals surface area contributed by atoms with Crippen molar-refractivity contribution in [2.24, 2.45) is 0 Å². The number of thiophene rings is 2. The van der Waals surface area contributed by atoms with Crippen molar-refractivity contribution in [1.82, 2.24) is 0 Å². The zero-order chi connectivity index (χ0) is 82.7. The Kier molecular flexibility index (Phi) is 21.6. The minimum Gasteiger partial charge on any atom is -0.456 e. The average molecular weight is 1610 g/mol. The van der Waals surface area contributed by atoms with Crippen LogP contribution >= 0.6 is 22.7 Å². The Bertz CT molecular complexity index is 7980. The standard InChI is InChI=1S/4C19H14O.C13H10O.2C13H10S/c1-13-5-4-6-14(11-13)15-9-10-19-17(12-15)16-7-2-3-8-18(16)20-19;1-13-6-2-3-7-15(13)14-10-11-19-17(12-14)16-8-4-5-9-18(16)20-19;1-13-9-11-14(12-10-13)15-6-4-7-17-16-5-2-3-8-18(16)20-19(15)17;1-13-6-8-14(9-7-13)15-10-11-19-17(12-15)16-4-2-3-5-18(16)20-19;2*1-9-5-4-7-11-10-6-2-3-8-12(10)14-13(9)11;1-9-6-7-13-11(8-9)10-4-2-3-5-12(10)14-13/h4*2-12H,1H3;3*2-8H,1H3. The lowest BCUT2D eigenvalue weighted by molar-refractivity contribution is 0.665. The lowest BCUT2D eigenvalue weighted by Gasteiger charge is -2.05. The highest BCUT2D eigenvalue weighted by Crippen LogP contribution is 2.41. The molecule has 7 heteroatoms. The molecule has 0 aliphatic carbocycles. The van der Waals surface area contributed by atoms with Crippen LogP contribution in [0.4, 0.5) is 0 Å². The van der Waals surface area contributed by atoms with Crippen molar-refractivity contribution in [3.8, 4) is 44.5 Å². The van der Waals surface area contributed by atoms with E-state index in [0.29, 0.717) is 0 Å². The van der Waals surface area contributed by atoms with Gasteiger partial charge in [-0.25, -0.2) is 0 Å². The van der Waals surface area contributed by atoms with E-state index in [1.54, 1.807) is 0 Å². The van der Waals surface area contributed by atoms with Crippen molar-refractivity contribution < 1.29 is 22.1 Å². The molecular weight excluding hydrogens is 1530 g/mol. The van der Waals surface area contributed by atoms with Crippen LogP contribution in [0.25, 0.3) is 195 Å². The van der Waals surface area contributed by atoms with Crippen molar-refractivity contribution in [2.45, 2.75) is 48.5 Å². The van der Waals surface area contributed by atoms with Crippen LogP contribution in [0.2, 0.25) is 0 Å². The molecule has 0 atom stereocenters. The minimum atomic E-state index is 0.946. The molecule has 25 rings (SSSR count). The molecule has 0 aliphatic heterocycles. The molecular formula is C115H86O5S2. The first-order valence-electron chi connectivity index (χ1n) is 41.4. The number of benzene rings is 18. The van der Waals surface area contributed by atoms with Crippen LogP contribution in [-0.4, -0.2) is 0 Å². The Balaban J connectivity index is 0.0000000942. The normalized spacial score (nSPS) is 11.2. The molecule has 0 N–H and O–H groups in total. The fourth-order valence-electron chi connectivity index (χ4n) is 16.5. The van der Waals surface area contributed by atoms with Gasteiger partial charge in [-0.2, -0.15) is 0 Å². The van der Waals surface area contributed by atoms with E-state index in [2.05, 4.69) is 376 Å². The molecule has 0 aliphatic rings. The number of aryl methyl sites for hydroxylation is 7. The Morgan fingerprint density at radius 1 is 0.164 bits per heavy atom. The zero-order valence-corrected chi connectivity index (χ0v) is 70.5. The molecule has 25 aromatic rings. The van der Waals surface area contributed by atoms with E-state index in [1.807, 2.05) is 89.4 Å². The molecule has 0 amide bonds. The van der Waals surface area contributed by atoms with Gasteiger partial charge in [-0.05, 0) is 195 Å². The summed E-state index contributed by atoms with van der Waals surface area (Å²) in [6.45, 7) is 14.9. The highest BCUT2D eigenvalue weighted by Gasteiger charge is 2.16. The van der Waals surface area contributed by atoms with Crippen LogP contribution in [0, 0.1) is 48.5 Å². The highest BCUT2D eigenvalue weighted by molar-refractivity contribution is 7.26. The molecule has 7 heterocycles. The topological polar surface area (TPSA) is 65.7 Å². The Labute approximate surface area is 715 Å². The van der Waals surface area contributed by atoms with E-state index >= 15 is 0 Å². The van der Waals surface area contributed by atoms with Crippen LogP contribution in [0.5, 0.6) is 0 Å². The van der Waals surface area contributed by atoms with Gasteiger partial charge >= 0.3 is 0 Å². The fraction of sp³-hybridized carbons (Fsp3) is 0.0609. The molecule has 0 bridgehead atoms. The largest absolute Gasteiger partial charge is 0.456 e. The van der Waals surface area contributed by atoms with Crippen molar-refractivity contribution in [3.05, 3.63) is 433 Å². The molecule has 18 aromatic carbocycles. The van der Waals surface area contributed by atoms with Crippen LogP contribution in [0.3, 0.4) is 0 Å². The third-order valence-corrected chi connectivity index (χ3v) is 25.3. The van der Waals surface area contributed by atoms with E-state index in [-0.39, 0.29) is 0 Å². The Morgan fingerprint density at radius 3 is 1.07 bits per heavy atom. The lowest BCUT2D eigenvalue weighted by atomic mass is 9.99. The summed E-state index contributed by atoms with van der Waals surface area (Å²) in [7, 11) is 0. The van der Waals surface area contributed by atoms with Crippen LogP contribution in [0.15, 0.2) is 416 Å². The van der Waals surface area contributed by atoms with Gasteiger partial charge in [0, 0.05) is 99.8 Å². The van der Waals surface area contributed by atoms with Crippen molar-refractivity contribution in [2.75, 3.05) is 0 Å². The summed E-state index contributed by atoms with van der Waals surface area (Å²) in [4.78, 5) is 0. The second kappa shape index (κ2) is 34.0. The van der Waals surface area contributed by atoms with E-state index in [9.17, 15) is 0 Å². The van der Waals surface area contributed by atoms with E-state index in [4.69, 9.17) is 22.1 Å². The number of hydrogen-bond acceptors (Lipinski definition) is 7. The number of furan rings is 5. The van der Waals surface area contributed by atoms with Crippen LogP contribution < -0.4 is 0 Å². The number of fused-ring (bicyclic) bond motifs is 21. The monoisotopic (exact) mass is 1610 g/mol. The lowest BCUT2D eigenvalue weighted by Crippen LogP contribution is -1.81. The van der Waals surface area contributed by atoms with Gasteiger partial charge in [0.1, 0.15) is 55.8 Å². The first-order valence-corrected chi connectivity index (χ1v) is 43.0. The summed E-state index contributed by atoms with van der Waals surface area (Å²) in [6.07, 6.45) is 0. The van der Waals surface area contributed by atoms with E-state index < -0.39 is 0 Å². The summed E-state index contributed by atoms with van der Waals surface area (Å²) in [5.74, 6) is 0. The van der Waals surface area contributed by atoms with Gasteiger partial charge in [0.25, 0.3) is 0 Å². The Morgan fingerprint density at radius 2 is 0.508 bits per heavy atom. The Hall–Kier alpha value is -14.6. The molecule has 0 spiro atoms. The summed E-state index contributed by atoms with van der Waals surface area (Å²) >= 11 is 3.76. The summed E-state index contributed by atoms with van der Waals surface area (Å²) in [5, 5.41) is 17.4. The third-order valence-electron chi connectivity index (χ3n) is 22.8. The number of para-hydroxylation sites is 7. The molecule has 0 saturated heterocycles. The second-order valence-corrected chi connectivity index (χ2v) is 33.5. The van der Waals surface area contributed by atoms with Crippen LogP contribution in [-0.2, 0) is 0 Å². The number of rotatable bonds is 4. The SMILES string of the molecule is Cc1ccc(-c2ccc3oc4ccccc4c3c2)cc1.Cc1ccc(-c2cccc3c2oc2ccccc23)cc1.Cc1ccc2sc3ccccc3c2c1.Cc1cccc(-c2ccc3oc4ccccc4c3c2)c1.Cc1cccc2c1oc1ccccc12.Cc1cccc2c1sc1ccccc12.Cc1ccccc1-c1ccc2oc3ccccc3c2c1. The predicted molar refractivity (Wildman–Crippen MR) is 522 cm³/mol. The average Bonchev–Trinajstić information content (AvgIpc) is 1.78. The third kappa shape index (κ3) is 15.8. The van der Waals surface area contributed by atoms with E-state index in [0.717, 1.165) is 61.4 Å². The molecule has 0 fully saturated rings. The molecule has 0 radical (unpaired) electrons. The van der Waals surface area contributed by atoms with Gasteiger partial charge in [0.15, 0.2) is 0 Å². The summed E-state index contributed by atoms with van der Waals surface area (Å²) in [6, 6.07) is 137. The van der Waals surface area contributed by atoms with Crippen molar-refractivity contribution >= 4 is 173 Å². The van der Waals surface area contributed by atoms with Gasteiger partial charge < -0.3 is 22.1 Å². The van der Waals surface area contributed by atoms with E-state index in [1.165, 1.54) is 172 Å². The second-order valence-electron chi connectivity index (χ2n) is 31.3. The molecule has 588 valence electrons. The molecule has 7 aromatic heterocycles. The van der Waals surface area contributed by atoms with Crippen molar-refractivity contribution in [1.29, 1.82) is 0 Å². The zero-order valence-electron chi connectivity index (χ0n) is 68.9. The molecule has 0 unspecified atom stereocenters. The maximum absolute atomic E-state index is 6.07. The van der Waals surface area contributed by atoms with Gasteiger partial charge in [0.05, 0.1) is 0 Å². The maximum Gasteiger partial charge on any atom is 0.143 e. The van der Waals surface area contributed by atoms with Gasteiger partial charge in [-0.15, -0.1) is 22.7 Å². The molecule has 122 heavy (non-hydrogen) atoms. The van der Waals surface area contributed by atoms with Crippen molar-refractivity contribution in [3.63, 3.8) is 0 Å². The highest BCUT2D eigenvalue weighted by atomic mass is 32.1. The maximum atomic E-state index is 6.07. The van der Waals surface area contributed by atoms with Gasteiger partial charge in [-0.3, -0.25) is 0 Å². The summed E-state index contributed by atoms with van der Waals surface area (Å²) in [5.41, 5.74) is 28.4. The predicted octanol–water partition coefficient (Wildman–Crippen LogP) is 34.9. The fourth-order valence-corrected chi connectivity index (χ4v) is 18.8. The smallest absolute Gasteiger partial charge is 0.143 e. The minimum absolute atomic E-state index is 0.946.